The molecule has 0 aliphatic rings. The zero-order valence-electron chi connectivity index (χ0n) is 17.6. The van der Waals surface area contributed by atoms with Crippen molar-refractivity contribution in [3.8, 4) is 5.75 Å². The number of ketones is 1. The summed E-state index contributed by atoms with van der Waals surface area (Å²) >= 11 is 0. The summed E-state index contributed by atoms with van der Waals surface area (Å²) in [7, 11) is -3.96. The molecular weight excluding hydrogens is 450 g/mol. The van der Waals surface area contributed by atoms with E-state index in [0.717, 1.165) is 0 Å². The highest BCUT2D eigenvalue weighted by Crippen LogP contribution is 2.32. The van der Waals surface area contributed by atoms with Gasteiger partial charge in [0.05, 0.1) is 16.9 Å². The first-order valence-corrected chi connectivity index (χ1v) is 11.3. The molecule has 2 aromatic carbocycles. The average Bonchev–Trinajstić information content (AvgIpc) is 3.19. The van der Waals surface area contributed by atoms with Gasteiger partial charge in [-0.2, -0.15) is 0 Å². The molecular formula is C22H19N3O7S. The van der Waals surface area contributed by atoms with Crippen LogP contribution < -0.4 is 15.0 Å². The van der Waals surface area contributed by atoms with Crippen LogP contribution in [0, 0.1) is 0 Å². The number of sulfonamides is 1. The van der Waals surface area contributed by atoms with Gasteiger partial charge < -0.3 is 19.4 Å². The molecule has 4 aromatic rings. The third-order valence-corrected chi connectivity index (χ3v) is 6.28. The van der Waals surface area contributed by atoms with E-state index in [1.54, 1.807) is 6.92 Å². The van der Waals surface area contributed by atoms with Crippen molar-refractivity contribution in [1.29, 1.82) is 0 Å². The molecule has 33 heavy (non-hydrogen) atoms. The van der Waals surface area contributed by atoms with Crippen LogP contribution in [0.25, 0.3) is 21.8 Å². The molecule has 0 amide bonds. The number of Topliss-reactive ketones (excluding diaryl/α,β-unsaturated/α-hetero) is 1. The summed E-state index contributed by atoms with van der Waals surface area (Å²) in [5, 5.41) is 0.742. The molecule has 0 saturated carbocycles. The third-order valence-electron chi connectivity index (χ3n) is 4.89. The zero-order valence-corrected chi connectivity index (χ0v) is 18.4. The quantitative estimate of drug-likeness (QED) is 0.289. The number of nitrogens with one attached hydrogen (secondary N) is 3. The number of anilines is 1. The molecule has 2 aromatic heterocycles. The van der Waals surface area contributed by atoms with Gasteiger partial charge >= 0.3 is 6.16 Å². The van der Waals surface area contributed by atoms with E-state index in [2.05, 4.69) is 14.7 Å². The molecule has 0 saturated heterocycles. The third kappa shape index (κ3) is 4.30. The van der Waals surface area contributed by atoms with Crippen LogP contribution in [0.3, 0.4) is 0 Å². The maximum absolute atomic E-state index is 12.8. The predicted octanol–water partition coefficient (Wildman–Crippen LogP) is 3.55. The Morgan fingerprint density at radius 3 is 2.48 bits per heavy atom. The minimum atomic E-state index is -3.96. The number of carbonyl (C=O) groups excluding carboxylic acids is 2. The highest BCUT2D eigenvalue weighted by atomic mass is 32.2. The van der Waals surface area contributed by atoms with E-state index in [0.29, 0.717) is 21.9 Å². The second-order valence-corrected chi connectivity index (χ2v) is 8.77. The maximum Gasteiger partial charge on any atom is 0.513 e. The number of rotatable bonds is 6. The second-order valence-electron chi connectivity index (χ2n) is 7.09. The Balaban J connectivity index is 1.76. The molecule has 170 valence electrons. The van der Waals surface area contributed by atoms with E-state index in [1.165, 1.54) is 55.6 Å². The lowest BCUT2D eigenvalue weighted by Crippen LogP contribution is -2.13. The lowest BCUT2D eigenvalue weighted by Gasteiger charge is -2.10. The molecule has 0 radical (unpaired) electrons. The average molecular weight is 469 g/mol. The van der Waals surface area contributed by atoms with Crippen LogP contribution in [-0.2, 0) is 14.8 Å². The van der Waals surface area contributed by atoms with Crippen molar-refractivity contribution in [2.75, 3.05) is 11.3 Å². The van der Waals surface area contributed by atoms with Crippen molar-refractivity contribution in [1.82, 2.24) is 9.97 Å². The van der Waals surface area contributed by atoms with E-state index in [4.69, 9.17) is 9.47 Å². The number of hydrogen-bond acceptors (Lipinski definition) is 7. The van der Waals surface area contributed by atoms with Gasteiger partial charge in [-0.15, -0.1) is 0 Å². The molecule has 0 aliphatic carbocycles. The number of ether oxygens (including phenoxy) is 2. The Morgan fingerprint density at radius 1 is 1.09 bits per heavy atom. The number of aromatic nitrogens is 2. The number of carbonyl (C=O) groups is 2. The number of aromatic amines is 2. The Hall–Kier alpha value is -4.12. The Bertz CT molecular complexity index is 1550. The minimum absolute atomic E-state index is 0.0211. The number of benzene rings is 2. The van der Waals surface area contributed by atoms with Gasteiger partial charge in [0.25, 0.3) is 15.6 Å². The molecule has 11 heteroatoms. The summed E-state index contributed by atoms with van der Waals surface area (Å²) in [5.74, 6) is -0.105. The number of pyridine rings is 1. The minimum Gasteiger partial charge on any atom is -0.434 e. The lowest BCUT2D eigenvalue weighted by atomic mass is 10.1. The number of H-pyrrole nitrogens is 2. The first-order valence-electron chi connectivity index (χ1n) is 9.85. The molecule has 0 spiro atoms. The van der Waals surface area contributed by atoms with Crippen LogP contribution in [0.1, 0.15) is 24.2 Å². The van der Waals surface area contributed by atoms with Crippen LogP contribution in [0.5, 0.6) is 5.75 Å². The van der Waals surface area contributed by atoms with Crippen LogP contribution >= 0.6 is 0 Å². The van der Waals surface area contributed by atoms with Gasteiger partial charge in [-0.05, 0) is 44.2 Å². The molecule has 4 rings (SSSR count). The van der Waals surface area contributed by atoms with Crippen LogP contribution in [-0.4, -0.2) is 36.9 Å². The van der Waals surface area contributed by atoms with Gasteiger partial charge in [0, 0.05) is 28.4 Å². The summed E-state index contributed by atoms with van der Waals surface area (Å²) in [6.45, 7) is 3.13. The van der Waals surface area contributed by atoms with Gasteiger partial charge in [0.1, 0.15) is 5.52 Å². The fraction of sp³-hybridized carbons (Fsp3) is 0.136. The van der Waals surface area contributed by atoms with E-state index in [9.17, 15) is 22.8 Å². The monoisotopic (exact) mass is 469 g/mol. The van der Waals surface area contributed by atoms with Crippen molar-refractivity contribution in [2.45, 2.75) is 18.7 Å². The van der Waals surface area contributed by atoms with Gasteiger partial charge in [0.15, 0.2) is 11.5 Å². The predicted molar refractivity (Wildman–Crippen MR) is 121 cm³/mol. The van der Waals surface area contributed by atoms with Gasteiger partial charge in [-0.1, -0.05) is 12.1 Å². The Labute approximate surface area is 187 Å². The molecule has 10 nitrogen and oxygen atoms in total. The highest BCUT2D eigenvalue weighted by Gasteiger charge is 2.19. The van der Waals surface area contributed by atoms with Crippen molar-refractivity contribution >= 4 is 49.5 Å². The molecule has 0 aliphatic heterocycles. The van der Waals surface area contributed by atoms with E-state index in [1.807, 2.05) is 0 Å². The van der Waals surface area contributed by atoms with E-state index < -0.39 is 21.7 Å². The topological polar surface area (TPSA) is 147 Å². The largest absolute Gasteiger partial charge is 0.513 e. The molecule has 0 atom stereocenters. The number of hydrogen-bond donors (Lipinski definition) is 3. The zero-order chi connectivity index (χ0) is 23.8. The van der Waals surface area contributed by atoms with E-state index >= 15 is 0 Å². The van der Waals surface area contributed by atoms with Crippen molar-refractivity contribution in [2.24, 2.45) is 0 Å². The van der Waals surface area contributed by atoms with Crippen LogP contribution in [0.2, 0.25) is 0 Å². The van der Waals surface area contributed by atoms with Crippen molar-refractivity contribution in [3.63, 3.8) is 0 Å². The van der Waals surface area contributed by atoms with Crippen molar-refractivity contribution < 1.29 is 27.5 Å². The summed E-state index contributed by atoms with van der Waals surface area (Å²) in [5.41, 5.74) is 0.744. The standard InChI is InChI=1S/C22H19N3O7S/c1-3-31-22(28)32-18-11-23-20-19(18)16-10-14(6-9-17(16)24-21(20)27)25-33(29,30)15-7-4-13(5-8-15)12(2)26/h4-11,23,25H,3H2,1-2H3,(H,24,27). The smallest absolute Gasteiger partial charge is 0.434 e. The summed E-state index contributed by atoms with van der Waals surface area (Å²) < 4.78 is 38.1. The highest BCUT2D eigenvalue weighted by molar-refractivity contribution is 7.92. The first-order chi connectivity index (χ1) is 15.7. The lowest BCUT2D eigenvalue weighted by molar-refractivity contribution is 0.101. The number of fused-ring (bicyclic) bond motifs is 3. The molecule has 3 N–H and O–H groups in total. The second kappa shape index (κ2) is 8.43. The maximum atomic E-state index is 12.8. The van der Waals surface area contributed by atoms with Crippen LogP contribution in [0.4, 0.5) is 10.5 Å². The summed E-state index contributed by atoms with van der Waals surface area (Å²) in [6.07, 6.45) is 0.418. The van der Waals surface area contributed by atoms with Gasteiger partial charge in [-0.3, -0.25) is 14.3 Å². The molecule has 0 bridgehead atoms. The SMILES string of the molecule is CCOC(=O)Oc1c[nH]c2c(=O)[nH]c3ccc(NS(=O)(=O)c4ccc(C(C)=O)cc4)cc3c12. The van der Waals surface area contributed by atoms with Crippen molar-refractivity contribution in [3.05, 3.63) is 64.6 Å². The van der Waals surface area contributed by atoms with Crippen LogP contribution in [0.15, 0.2) is 58.4 Å². The summed E-state index contributed by atoms with van der Waals surface area (Å²) in [6, 6.07) is 10.1. The van der Waals surface area contributed by atoms with E-state index in [-0.39, 0.29) is 34.2 Å². The Kier molecular flexibility index (Phi) is 5.64. The Morgan fingerprint density at radius 2 is 1.82 bits per heavy atom. The molecule has 0 fully saturated rings. The van der Waals surface area contributed by atoms with Gasteiger partial charge in [0.2, 0.25) is 0 Å². The molecule has 0 unspecified atom stereocenters. The molecule has 2 heterocycles. The summed E-state index contributed by atoms with van der Waals surface area (Å²) in [4.78, 5) is 41.1. The fourth-order valence-corrected chi connectivity index (χ4v) is 4.41. The first kappa shape index (κ1) is 22.1. The fourth-order valence-electron chi connectivity index (χ4n) is 3.36. The normalized spacial score (nSPS) is 11.5. The van der Waals surface area contributed by atoms with Gasteiger partial charge in [-0.25, -0.2) is 13.2 Å².